The number of piperazine rings is 1. The minimum atomic E-state index is -2.79. The number of unbranched alkanes of at least 4 members (excludes halogenated alkanes) is 2. The average Bonchev–Trinajstić information content (AvgIpc) is 2.56. The highest BCUT2D eigenvalue weighted by Gasteiger charge is 2.25. The maximum atomic E-state index is 12.7. The molecule has 0 unspecified atom stereocenters. The van der Waals surface area contributed by atoms with Crippen LogP contribution in [-0.2, 0) is 0 Å². The van der Waals surface area contributed by atoms with Crippen LogP contribution >= 0.6 is 12.4 Å². The van der Waals surface area contributed by atoms with Gasteiger partial charge in [0.25, 0.3) is 0 Å². The zero-order valence-corrected chi connectivity index (χ0v) is 14.7. The van der Waals surface area contributed by atoms with Crippen molar-refractivity contribution in [2.75, 3.05) is 26.2 Å². The highest BCUT2D eigenvalue weighted by atomic mass is 35.5. The first kappa shape index (κ1) is 20.9. The van der Waals surface area contributed by atoms with Gasteiger partial charge >= 0.3 is 6.61 Å². The van der Waals surface area contributed by atoms with Gasteiger partial charge in [0.2, 0.25) is 0 Å². The van der Waals surface area contributed by atoms with E-state index in [1.165, 1.54) is 0 Å². The van der Waals surface area contributed by atoms with E-state index in [9.17, 15) is 8.78 Å². The van der Waals surface area contributed by atoms with E-state index in [-0.39, 0.29) is 18.4 Å². The van der Waals surface area contributed by atoms with Crippen molar-refractivity contribution in [2.45, 2.75) is 38.3 Å². The van der Waals surface area contributed by atoms with Gasteiger partial charge in [-0.2, -0.15) is 8.78 Å². The molecule has 0 radical (unpaired) electrons. The molecular weight excluding hydrogens is 334 g/mol. The normalized spacial score (nSPS) is 16.5. The fraction of sp³-hybridized carbons (Fsp3) is 0.556. The molecule has 24 heavy (non-hydrogen) atoms. The standard InChI is InChI=1S/C18H26F2N2O.ClH/c1-2-3-4-5-9-16(22-13-11-21-12-14-22)15-8-6-7-10-17(15)23-18(19)20;/h2,6-8,10,16,18,21H,1,3-5,9,11-14H2;1H/t16-;/m0./s1. The third-order valence-electron chi connectivity index (χ3n) is 4.22. The van der Waals surface area contributed by atoms with Gasteiger partial charge in [-0.05, 0) is 25.3 Å². The molecule has 1 saturated heterocycles. The number of allylic oxidation sites excluding steroid dienone is 1. The van der Waals surface area contributed by atoms with Crippen molar-refractivity contribution in [1.82, 2.24) is 10.2 Å². The Morgan fingerprint density at radius 1 is 1.21 bits per heavy atom. The molecule has 1 aromatic rings. The van der Waals surface area contributed by atoms with E-state index in [4.69, 9.17) is 4.74 Å². The number of ether oxygens (including phenoxy) is 1. The molecule has 1 heterocycles. The number of alkyl halides is 2. The number of nitrogens with one attached hydrogen (secondary N) is 1. The lowest BCUT2D eigenvalue weighted by Crippen LogP contribution is -2.45. The molecule has 0 spiro atoms. The summed E-state index contributed by atoms with van der Waals surface area (Å²) < 4.78 is 30.2. The zero-order chi connectivity index (χ0) is 16.5. The Balaban J connectivity index is 0.00000288. The fourth-order valence-electron chi connectivity index (χ4n) is 3.11. The summed E-state index contributed by atoms with van der Waals surface area (Å²) in [7, 11) is 0. The molecule has 0 aliphatic carbocycles. The Labute approximate surface area is 149 Å². The molecule has 6 heteroatoms. The molecule has 0 saturated carbocycles. The SMILES string of the molecule is C=CCCCC[C@@H](c1ccccc1OC(F)F)N1CCNCC1.Cl. The Morgan fingerprint density at radius 3 is 2.58 bits per heavy atom. The summed E-state index contributed by atoms with van der Waals surface area (Å²) in [4.78, 5) is 2.37. The van der Waals surface area contributed by atoms with Crippen LogP contribution in [0.1, 0.15) is 37.3 Å². The molecule has 3 nitrogen and oxygen atoms in total. The van der Waals surface area contributed by atoms with Gasteiger partial charge in [-0.3, -0.25) is 4.90 Å². The lowest BCUT2D eigenvalue weighted by Gasteiger charge is -2.36. The zero-order valence-electron chi connectivity index (χ0n) is 13.9. The Morgan fingerprint density at radius 2 is 1.92 bits per heavy atom. The number of hydrogen-bond acceptors (Lipinski definition) is 3. The first-order chi connectivity index (χ1) is 11.2. The van der Waals surface area contributed by atoms with Crippen LogP contribution in [0.5, 0.6) is 5.75 Å². The van der Waals surface area contributed by atoms with Gasteiger partial charge in [0, 0.05) is 37.8 Å². The van der Waals surface area contributed by atoms with Gasteiger partial charge in [0.15, 0.2) is 0 Å². The van der Waals surface area contributed by atoms with Crippen molar-refractivity contribution < 1.29 is 13.5 Å². The number of para-hydroxylation sites is 1. The summed E-state index contributed by atoms with van der Waals surface area (Å²) >= 11 is 0. The van der Waals surface area contributed by atoms with E-state index >= 15 is 0 Å². The highest BCUT2D eigenvalue weighted by Crippen LogP contribution is 2.34. The van der Waals surface area contributed by atoms with E-state index in [1.807, 2.05) is 18.2 Å². The van der Waals surface area contributed by atoms with Gasteiger partial charge in [-0.15, -0.1) is 19.0 Å². The van der Waals surface area contributed by atoms with Gasteiger partial charge in [-0.25, -0.2) is 0 Å². The molecule has 1 atom stereocenters. The van der Waals surface area contributed by atoms with Gasteiger partial charge in [-0.1, -0.05) is 30.7 Å². The quantitative estimate of drug-likeness (QED) is 0.521. The van der Waals surface area contributed by atoms with Crippen LogP contribution in [0.2, 0.25) is 0 Å². The van der Waals surface area contributed by atoms with Crippen molar-refractivity contribution in [3.63, 3.8) is 0 Å². The molecule has 1 fully saturated rings. The summed E-state index contributed by atoms with van der Waals surface area (Å²) in [6.07, 6.45) is 5.97. The molecule has 136 valence electrons. The molecule has 0 bridgehead atoms. The second-order valence-electron chi connectivity index (χ2n) is 5.79. The lowest BCUT2D eigenvalue weighted by molar-refractivity contribution is -0.0513. The Kier molecular flexibility index (Phi) is 9.91. The number of benzene rings is 1. The largest absolute Gasteiger partial charge is 0.434 e. The van der Waals surface area contributed by atoms with E-state index < -0.39 is 6.61 Å². The van der Waals surface area contributed by atoms with E-state index in [1.54, 1.807) is 12.1 Å². The van der Waals surface area contributed by atoms with Crippen LogP contribution < -0.4 is 10.1 Å². The predicted octanol–water partition coefficient (Wildman–Crippen LogP) is 4.40. The summed E-state index contributed by atoms with van der Waals surface area (Å²) in [5.74, 6) is 0.301. The highest BCUT2D eigenvalue weighted by molar-refractivity contribution is 5.85. The van der Waals surface area contributed by atoms with Gasteiger partial charge < -0.3 is 10.1 Å². The summed E-state index contributed by atoms with van der Waals surface area (Å²) in [6.45, 7) is 4.67. The minimum absolute atomic E-state index is 0. The number of halogens is 3. The third-order valence-corrected chi connectivity index (χ3v) is 4.22. The smallest absolute Gasteiger partial charge is 0.387 e. The Bertz CT molecular complexity index is 482. The van der Waals surface area contributed by atoms with E-state index in [0.717, 1.165) is 57.4 Å². The molecule has 0 aromatic heterocycles. The molecular formula is C18H27ClF2N2O. The van der Waals surface area contributed by atoms with Crippen molar-refractivity contribution in [3.05, 3.63) is 42.5 Å². The van der Waals surface area contributed by atoms with E-state index in [2.05, 4.69) is 16.8 Å². The maximum absolute atomic E-state index is 12.7. The van der Waals surface area contributed by atoms with Crippen LogP contribution in [0.3, 0.4) is 0 Å². The van der Waals surface area contributed by atoms with Gasteiger partial charge in [0.05, 0.1) is 0 Å². The summed E-state index contributed by atoms with van der Waals surface area (Å²) in [5, 5.41) is 3.34. The molecule has 1 aromatic carbocycles. The third kappa shape index (κ3) is 6.38. The Hall–Kier alpha value is -1.17. The van der Waals surface area contributed by atoms with Crippen LogP contribution in [0.15, 0.2) is 36.9 Å². The maximum Gasteiger partial charge on any atom is 0.387 e. The van der Waals surface area contributed by atoms with Crippen LogP contribution in [0.4, 0.5) is 8.78 Å². The minimum Gasteiger partial charge on any atom is -0.434 e. The summed E-state index contributed by atoms with van der Waals surface area (Å²) in [6, 6.07) is 7.32. The number of hydrogen-bond donors (Lipinski definition) is 1. The molecule has 0 amide bonds. The molecule has 2 rings (SSSR count). The predicted molar refractivity (Wildman–Crippen MR) is 96.2 cm³/mol. The average molecular weight is 361 g/mol. The topological polar surface area (TPSA) is 24.5 Å². The van der Waals surface area contributed by atoms with Crippen LogP contribution in [0, 0.1) is 0 Å². The number of rotatable bonds is 9. The molecule has 1 N–H and O–H groups in total. The first-order valence-electron chi connectivity index (χ1n) is 8.31. The van der Waals surface area contributed by atoms with Crippen molar-refractivity contribution in [3.8, 4) is 5.75 Å². The first-order valence-corrected chi connectivity index (χ1v) is 8.31. The summed E-state index contributed by atoms with van der Waals surface area (Å²) in [5.41, 5.74) is 0.869. The fourth-order valence-corrected chi connectivity index (χ4v) is 3.11. The van der Waals surface area contributed by atoms with Crippen molar-refractivity contribution in [2.24, 2.45) is 0 Å². The second-order valence-corrected chi connectivity index (χ2v) is 5.79. The van der Waals surface area contributed by atoms with E-state index in [0.29, 0.717) is 5.75 Å². The monoisotopic (exact) mass is 360 g/mol. The van der Waals surface area contributed by atoms with Gasteiger partial charge in [0.1, 0.15) is 5.75 Å². The second kappa shape index (κ2) is 11.4. The molecule has 1 aliphatic rings. The molecule has 1 aliphatic heterocycles. The number of nitrogens with zero attached hydrogens (tertiary/aromatic N) is 1. The van der Waals surface area contributed by atoms with Crippen LogP contribution in [0.25, 0.3) is 0 Å². The van der Waals surface area contributed by atoms with Crippen LogP contribution in [-0.4, -0.2) is 37.7 Å². The van der Waals surface area contributed by atoms with Crippen molar-refractivity contribution >= 4 is 12.4 Å². The lowest BCUT2D eigenvalue weighted by atomic mass is 9.97. The van der Waals surface area contributed by atoms with Crippen molar-refractivity contribution in [1.29, 1.82) is 0 Å².